The smallest absolute Gasteiger partial charge is 0.303 e. The Balaban J connectivity index is 1.44. The molecule has 2 heterocycles. The number of carbonyl (C=O) groups excluding carboxylic acids is 16. The Labute approximate surface area is 726 Å². The lowest BCUT2D eigenvalue weighted by Gasteiger charge is -2.35. The maximum absolute atomic E-state index is 15.5. The van der Waals surface area contributed by atoms with Gasteiger partial charge in [0, 0.05) is 62.7 Å². The number of H-pyrrole nitrogens is 1. The second-order valence-electron chi connectivity index (χ2n) is 33.6. The molecular formula is C88H126N16O21. The van der Waals surface area contributed by atoms with Gasteiger partial charge < -0.3 is 106 Å². The van der Waals surface area contributed by atoms with E-state index in [1.54, 1.807) is 74.6 Å². The maximum atomic E-state index is 15.5. The second kappa shape index (κ2) is 49.5. The van der Waals surface area contributed by atoms with Crippen LogP contribution in [-0.2, 0) is 101 Å². The number of amides is 14. The topological polar surface area (TPSA) is 595 Å². The molecule has 37 nitrogen and oxygen atoms in total. The molecule has 22 N–H and O–H groups in total. The van der Waals surface area contributed by atoms with Crippen LogP contribution in [0, 0.1) is 17.8 Å². The number of fused-ring (bicyclic) bond motifs is 1. The van der Waals surface area contributed by atoms with Crippen LogP contribution in [0.5, 0.6) is 5.75 Å². The van der Waals surface area contributed by atoms with Gasteiger partial charge in [-0.1, -0.05) is 125 Å². The number of aromatic amines is 1. The highest BCUT2D eigenvalue weighted by molar-refractivity contribution is 6.41. The Morgan fingerprint density at radius 2 is 1.18 bits per heavy atom. The zero-order valence-corrected chi connectivity index (χ0v) is 72.5. The summed E-state index contributed by atoms with van der Waals surface area (Å²) < 4.78 is 0. The van der Waals surface area contributed by atoms with E-state index in [-0.39, 0.29) is 81.9 Å². The first kappa shape index (κ1) is 102. The summed E-state index contributed by atoms with van der Waals surface area (Å²) in [5.41, 5.74) is 8.88. The lowest BCUT2D eigenvalue weighted by atomic mass is 9.78. The molecule has 3 aromatic carbocycles. The predicted molar refractivity (Wildman–Crippen MR) is 460 cm³/mol. The first-order valence-electron chi connectivity index (χ1n) is 42.7. The number of aromatic hydroxyl groups is 1. The quantitative estimate of drug-likeness (QED) is 0.0235. The molecule has 6 rings (SSSR count). The molecule has 0 bridgehead atoms. The van der Waals surface area contributed by atoms with E-state index < -0.39 is 222 Å². The fraction of sp³-hybridized carbons (Fsp3) is 0.557. The first-order valence-corrected chi connectivity index (χ1v) is 42.7. The van der Waals surface area contributed by atoms with E-state index in [9.17, 15) is 73.2 Å². The van der Waals surface area contributed by atoms with Gasteiger partial charge in [0.15, 0.2) is 0 Å². The number of phenols is 1. The Bertz CT molecular complexity index is 4460. The summed E-state index contributed by atoms with van der Waals surface area (Å²) in [5.74, 6) is -18.0. The molecule has 125 heavy (non-hydrogen) atoms. The number of Topliss-reactive ketones (excluding diaryl/α,β-unsaturated/α-hetero) is 2. The van der Waals surface area contributed by atoms with Crippen molar-refractivity contribution in [2.75, 3.05) is 13.2 Å². The molecule has 684 valence electrons. The van der Waals surface area contributed by atoms with E-state index in [1.807, 2.05) is 12.2 Å². The van der Waals surface area contributed by atoms with Crippen molar-refractivity contribution in [2.24, 2.45) is 29.2 Å². The van der Waals surface area contributed by atoms with Crippen LogP contribution < -0.4 is 80.6 Å². The zero-order chi connectivity index (χ0) is 92.4. The lowest BCUT2D eigenvalue weighted by Crippen LogP contribution is -2.65. The van der Waals surface area contributed by atoms with Crippen LogP contribution in [0.4, 0.5) is 0 Å². The molecule has 1 saturated carbocycles. The van der Waals surface area contributed by atoms with Crippen molar-refractivity contribution in [3.63, 3.8) is 0 Å². The Morgan fingerprint density at radius 3 is 1.80 bits per heavy atom. The number of carboxylic acids is 1. The first-order chi connectivity index (χ1) is 59.1. The lowest BCUT2D eigenvalue weighted by molar-refractivity contribution is -0.140. The molecule has 1 fully saturated rings. The summed E-state index contributed by atoms with van der Waals surface area (Å²) in [4.78, 5) is 243. The highest BCUT2D eigenvalue weighted by atomic mass is 16.4. The fourth-order valence-corrected chi connectivity index (χ4v) is 14.6. The number of carboxylic acid groups (broad SMARTS) is 1. The Hall–Kier alpha value is -12.0. The number of benzene rings is 3. The maximum Gasteiger partial charge on any atom is 0.303 e. The molecule has 1 aliphatic heterocycles. The Morgan fingerprint density at radius 1 is 0.576 bits per heavy atom. The minimum atomic E-state index is -2.07. The van der Waals surface area contributed by atoms with Crippen LogP contribution >= 0.6 is 0 Å². The van der Waals surface area contributed by atoms with Gasteiger partial charge >= 0.3 is 5.97 Å². The number of aliphatic carboxylic acids is 1. The van der Waals surface area contributed by atoms with E-state index in [2.05, 4.69) is 74.1 Å². The van der Waals surface area contributed by atoms with Crippen molar-refractivity contribution in [2.45, 2.75) is 281 Å². The summed E-state index contributed by atoms with van der Waals surface area (Å²) in [6.45, 7) is 11.3. The van der Waals surface area contributed by atoms with Gasteiger partial charge in [0.2, 0.25) is 94.3 Å². The van der Waals surface area contributed by atoms with Gasteiger partial charge in [0.25, 0.3) is 0 Å². The number of nitrogens with one attached hydrogen (secondary N) is 14. The number of allylic oxidation sites excluding steroid dienone is 2. The molecule has 1 aromatic heterocycles. The number of aromatic nitrogens is 1. The van der Waals surface area contributed by atoms with Crippen molar-refractivity contribution >= 4 is 111 Å². The van der Waals surface area contributed by atoms with Crippen LogP contribution in [-0.4, -0.2) is 222 Å². The summed E-state index contributed by atoms with van der Waals surface area (Å²) in [6.07, 6.45) is 5.48. The summed E-state index contributed by atoms with van der Waals surface area (Å²) in [5, 5.41) is 77.0. The molecule has 0 saturated heterocycles. The van der Waals surface area contributed by atoms with Crippen molar-refractivity contribution in [3.8, 4) is 5.75 Å². The standard InChI is InChI=1S/C88H126N16O21/c1-49(2)41-65(96-54(7)107)81(120)102-72(53(6)106)84(123)99-67(43-56-25-18-17-19-26-56)83(122)104-88(9)40-23-16-14-12-10-11-13-15-22-39-87(8,86(125)101-69(48-105)82(121)95-52(5)76(115)94-51(4)75(90)114)103-77(116)59(42-55-27-24-28-55)47-92-63(35-37-70(89)109)74(113)73(112)50(3)93-79(118)68(45-58-46-91-62-30-21-20-29-61(58)62)98-80(119)66(44-57-31-33-60(108)34-32-57)97-78(117)64(100-85(88)124)36-38-71(110)111/h11,13,17-21,25-26,29-34,46,49-53,55,59,63-69,72,91-92,105-106,108H,10,12,14-16,22-24,27-28,35-45,47-48H2,1-9H3,(H2,89,109)(H2,90,114)(H,93,118)(H,94,115)(H,95,121)(H,96,107)(H,97,117)(H,98,119)(H,99,123)(H,100,124)(H,101,125)(H,102,120)(H,103,116)(H,104,122)(H,110,111)/b13-11+/t50?,51-,52?,53+,59+,63-,64-,65-,66?,67-,68-,69-,72-,87-,88-/m0/s1. The number of phenolic OH excluding ortho intramolecular Hbond substituents is 1. The molecule has 3 unspecified atom stereocenters. The summed E-state index contributed by atoms with van der Waals surface area (Å²) in [7, 11) is 0. The van der Waals surface area contributed by atoms with Gasteiger partial charge in [-0.25, -0.2) is 0 Å². The zero-order valence-electron chi connectivity index (χ0n) is 72.5. The number of aliphatic hydroxyl groups excluding tert-OH is 2. The number of aliphatic hydroxyl groups is 2. The normalized spacial score (nSPS) is 23.1. The average Bonchev–Trinajstić information content (AvgIpc) is 1.47. The minimum absolute atomic E-state index is 0.0175. The number of primary amides is 2. The van der Waals surface area contributed by atoms with Crippen LogP contribution in [0.1, 0.15) is 195 Å². The van der Waals surface area contributed by atoms with Gasteiger partial charge in [-0.15, -0.1) is 0 Å². The second-order valence-corrected chi connectivity index (χ2v) is 33.6. The highest BCUT2D eigenvalue weighted by Crippen LogP contribution is 2.33. The van der Waals surface area contributed by atoms with Crippen molar-refractivity contribution in [3.05, 3.63) is 114 Å². The monoisotopic (exact) mass is 1740 g/mol. The molecule has 37 heteroatoms. The van der Waals surface area contributed by atoms with Crippen LogP contribution in [0.3, 0.4) is 0 Å². The van der Waals surface area contributed by atoms with Crippen LogP contribution in [0.25, 0.3) is 10.9 Å². The van der Waals surface area contributed by atoms with E-state index in [0.29, 0.717) is 72.5 Å². The fourth-order valence-electron chi connectivity index (χ4n) is 14.6. The number of rotatable bonds is 32. The number of carbonyl (C=O) groups is 17. The molecule has 14 amide bonds. The molecular weight excluding hydrogens is 1620 g/mol. The van der Waals surface area contributed by atoms with E-state index >= 15 is 28.8 Å². The number of nitrogens with two attached hydrogens (primary N) is 2. The van der Waals surface area contributed by atoms with Gasteiger partial charge in [-0.3, -0.25) is 81.5 Å². The SMILES string of the molecule is CC(=O)N[C@@H](CC(C)C)C(=O)N[C@H](C(=O)N[C@@H](Cc1ccccc1)C(=O)N[C@@]1(C)CCCCCC/C=C/CCC[C@@](C)(C(=O)N[C@@H](CO)C(=O)NC(C)C(=O)N[C@@H](C)C(N)=O)NC(=O)[C@H](CC2CCC2)CN[C@@H](CCC(N)=O)C(=O)C(=O)C(C)NC(=O)[C@H](Cc2c[nH]c3ccccc23)NC(=O)C(Cc2ccc(O)cc2)NC(=O)[C@H](CCC(=O)O)NC1=O)[C@@H](C)O. The number of para-hydroxylation sites is 1. The van der Waals surface area contributed by atoms with Gasteiger partial charge in [0.05, 0.1) is 30.7 Å². The molecule has 0 radical (unpaired) electrons. The molecule has 1 aliphatic carbocycles. The van der Waals surface area contributed by atoms with Gasteiger partial charge in [-0.05, 0) is 152 Å². The number of hydrogen-bond donors (Lipinski definition) is 20. The Kier molecular flexibility index (Phi) is 40.3. The van der Waals surface area contributed by atoms with Gasteiger partial charge in [0.1, 0.15) is 71.2 Å². The average molecular weight is 1740 g/mol. The number of hydrogen-bond acceptors (Lipinski definition) is 21. The van der Waals surface area contributed by atoms with E-state index in [1.165, 1.54) is 72.7 Å². The number of ketones is 2. The highest BCUT2D eigenvalue weighted by Gasteiger charge is 2.44. The molecule has 4 aromatic rings. The summed E-state index contributed by atoms with van der Waals surface area (Å²) in [6, 6.07) is 3.71. The molecule has 2 aliphatic rings. The van der Waals surface area contributed by atoms with Crippen LogP contribution in [0.2, 0.25) is 0 Å². The third kappa shape index (κ3) is 32.9. The molecule has 15 atom stereocenters. The van der Waals surface area contributed by atoms with Gasteiger partial charge in [-0.2, -0.15) is 0 Å². The third-order valence-corrected chi connectivity index (χ3v) is 22.4. The minimum Gasteiger partial charge on any atom is -0.508 e. The molecule has 0 spiro atoms. The largest absolute Gasteiger partial charge is 0.508 e. The predicted octanol–water partition coefficient (Wildman–Crippen LogP) is 0.597. The van der Waals surface area contributed by atoms with E-state index in [0.717, 1.165) is 6.42 Å². The van der Waals surface area contributed by atoms with Crippen molar-refractivity contribution < 1.29 is 102 Å². The van der Waals surface area contributed by atoms with Crippen molar-refractivity contribution in [1.29, 1.82) is 0 Å². The van der Waals surface area contributed by atoms with Crippen LogP contribution in [0.15, 0.2) is 97.2 Å². The summed E-state index contributed by atoms with van der Waals surface area (Å²) >= 11 is 0. The van der Waals surface area contributed by atoms with E-state index in [4.69, 9.17) is 11.5 Å². The van der Waals surface area contributed by atoms with Crippen molar-refractivity contribution in [1.82, 2.24) is 74.1 Å². The third-order valence-electron chi connectivity index (χ3n) is 22.4.